The minimum Gasteiger partial charge on any atom is -0.408 e. The van der Waals surface area contributed by atoms with Crippen LogP contribution in [0.4, 0.5) is 27.5 Å². The average molecular weight is 393 g/mol. The number of rotatable bonds is 5. The van der Waals surface area contributed by atoms with E-state index in [-0.39, 0.29) is 17.4 Å². The molecule has 0 aliphatic carbocycles. The number of H-pyrrole nitrogens is 1. The van der Waals surface area contributed by atoms with Gasteiger partial charge in [-0.1, -0.05) is 0 Å². The number of fused-ring (bicyclic) bond motifs is 1. The highest BCUT2D eigenvalue weighted by Gasteiger charge is 2.11. The maximum absolute atomic E-state index is 14.1. The van der Waals surface area contributed by atoms with E-state index in [0.29, 0.717) is 28.2 Å². The summed E-state index contributed by atoms with van der Waals surface area (Å²) in [5.41, 5.74) is 2.91. The molecular weight excluding hydrogens is 377 g/mol. The fourth-order valence-corrected chi connectivity index (χ4v) is 2.76. The third-order valence-corrected chi connectivity index (χ3v) is 4.27. The van der Waals surface area contributed by atoms with Crippen molar-refractivity contribution in [3.8, 4) is 0 Å². The van der Waals surface area contributed by atoms with Gasteiger partial charge < -0.3 is 15.1 Å². The minimum absolute atomic E-state index is 0.102. The number of carbonyl (C=O) groups is 1. The van der Waals surface area contributed by atoms with Crippen molar-refractivity contribution >= 4 is 40.0 Å². The van der Waals surface area contributed by atoms with E-state index in [1.54, 1.807) is 24.4 Å². The summed E-state index contributed by atoms with van der Waals surface area (Å²) in [6.45, 7) is 3.23. The molecule has 0 spiro atoms. The lowest BCUT2D eigenvalue weighted by Crippen LogP contribution is -2.04. The van der Waals surface area contributed by atoms with E-state index in [4.69, 9.17) is 4.42 Å². The molecule has 0 radical (unpaired) electrons. The minimum atomic E-state index is -0.531. The van der Waals surface area contributed by atoms with Crippen LogP contribution in [0.25, 0.3) is 11.1 Å². The third-order valence-electron chi connectivity index (χ3n) is 4.27. The predicted molar refractivity (Wildman–Crippen MR) is 107 cm³/mol. The van der Waals surface area contributed by atoms with Gasteiger partial charge in [-0.2, -0.15) is 4.98 Å². The fourth-order valence-electron chi connectivity index (χ4n) is 2.76. The number of hydrogen-bond donors (Lipinski definition) is 3. The molecule has 0 saturated heterocycles. The van der Waals surface area contributed by atoms with E-state index in [1.165, 1.54) is 25.1 Å². The first-order valence-corrected chi connectivity index (χ1v) is 8.70. The average Bonchev–Trinajstić information content (AvgIpc) is 3.05. The van der Waals surface area contributed by atoms with Crippen molar-refractivity contribution in [3.63, 3.8) is 0 Å². The summed E-state index contributed by atoms with van der Waals surface area (Å²) in [4.78, 5) is 34.0. The molecule has 0 aliphatic rings. The summed E-state index contributed by atoms with van der Waals surface area (Å²) in [7, 11) is 0. The molecule has 0 amide bonds. The van der Waals surface area contributed by atoms with Crippen LogP contribution in [0, 0.1) is 12.7 Å². The first kappa shape index (κ1) is 18.4. The second-order valence-corrected chi connectivity index (χ2v) is 6.45. The van der Waals surface area contributed by atoms with E-state index in [2.05, 4.69) is 25.6 Å². The summed E-state index contributed by atoms with van der Waals surface area (Å²) in [5, 5.41) is 5.94. The van der Waals surface area contributed by atoms with Gasteiger partial charge in [0.1, 0.15) is 11.6 Å². The Morgan fingerprint density at radius 3 is 2.79 bits per heavy atom. The highest BCUT2D eigenvalue weighted by molar-refractivity contribution is 5.95. The summed E-state index contributed by atoms with van der Waals surface area (Å²) in [6, 6.07) is 9.16. The Hall–Kier alpha value is -4.01. The molecule has 0 atom stereocenters. The third kappa shape index (κ3) is 3.84. The number of ketones is 1. The molecule has 0 unspecified atom stereocenters. The molecule has 9 heteroatoms. The Morgan fingerprint density at radius 2 is 2.00 bits per heavy atom. The Balaban J connectivity index is 1.62. The molecular formula is C20H16FN5O3. The fraction of sp³-hybridized carbons (Fsp3) is 0.100. The van der Waals surface area contributed by atoms with Crippen LogP contribution < -0.4 is 16.4 Å². The van der Waals surface area contributed by atoms with Crippen molar-refractivity contribution in [2.45, 2.75) is 13.8 Å². The SMILES string of the molecule is CC(=O)c1ccc(F)c(Nc2ncc(C)c(Nc3ccc4oc(=O)[nH]c4c3)n2)c1. The highest BCUT2D eigenvalue weighted by atomic mass is 19.1. The number of benzene rings is 2. The maximum atomic E-state index is 14.1. The lowest BCUT2D eigenvalue weighted by atomic mass is 10.1. The topological polar surface area (TPSA) is 113 Å². The number of oxazole rings is 1. The second kappa shape index (κ2) is 7.19. The van der Waals surface area contributed by atoms with E-state index in [9.17, 15) is 14.0 Å². The van der Waals surface area contributed by atoms with Crippen LogP contribution in [-0.2, 0) is 0 Å². The molecule has 2 heterocycles. The molecule has 4 aromatic rings. The van der Waals surface area contributed by atoms with Gasteiger partial charge in [-0.25, -0.2) is 14.2 Å². The number of carbonyl (C=O) groups excluding carboxylic acids is 1. The smallest absolute Gasteiger partial charge is 0.408 e. The zero-order chi connectivity index (χ0) is 20.5. The Labute approximate surface area is 163 Å². The van der Waals surface area contributed by atoms with Crippen molar-refractivity contribution in [2.24, 2.45) is 0 Å². The second-order valence-electron chi connectivity index (χ2n) is 6.45. The number of anilines is 4. The van der Waals surface area contributed by atoms with E-state index in [0.717, 1.165) is 5.56 Å². The van der Waals surface area contributed by atoms with Gasteiger partial charge in [-0.15, -0.1) is 0 Å². The monoisotopic (exact) mass is 393 g/mol. The summed E-state index contributed by atoms with van der Waals surface area (Å²) < 4.78 is 19.1. The van der Waals surface area contributed by atoms with Crippen LogP contribution in [0.5, 0.6) is 0 Å². The zero-order valence-electron chi connectivity index (χ0n) is 15.5. The number of halogens is 1. The largest absolute Gasteiger partial charge is 0.417 e. The number of hydrogen-bond acceptors (Lipinski definition) is 7. The standard InChI is InChI=1S/C20H16FN5O3/c1-10-9-22-19(24-15-7-12(11(2)27)3-5-14(15)21)26-18(10)23-13-4-6-17-16(8-13)25-20(28)29-17/h3-9H,1-2H3,(H,25,28)(H2,22,23,24,26). The quantitative estimate of drug-likeness (QED) is 0.438. The van der Waals surface area contributed by atoms with Gasteiger partial charge in [0.25, 0.3) is 0 Å². The van der Waals surface area contributed by atoms with Gasteiger partial charge in [-0.3, -0.25) is 9.78 Å². The van der Waals surface area contributed by atoms with Crippen molar-refractivity contribution in [1.82, 2.24) is 15.0 Å². The summed E-state index contributed by atoms with van der Waals surface area (Å²) in [5.74, 6) is -0.570. The van der Waals surface area contributed by atoms with Gasteiger partial charge >= 0.3 is 5.76 Å². The van der Waals surface area contributed by atoms with Crippen molar-refractivity contribution in [3.05, 3.63) is 70.1 Å². The molecule has 2 aromatic heterocycles. The molecule has 0 fully saturated rings. The van der Waals surface area contributed by atoms with Gasteiger partial charge in [0.15, 0.2) is 11.4 Å². The van der Waals surface area contributed by atoms with Gasteiger partial charge in [-0.05, 0) is 50.2 Å². The van der Waals surface area contributed by atoms with E-state index >= 15 is 0 Å². The predicted octanol–water partition coefficient (Wildman–Crippen LogP) is 4.05. The normalized spacial score (nSPS) is 10.9. The van der Waals surface area contributed by atoms with Crippen LogP contribution in [0.2, 0.25) is 0 Å². The van der Waals surface area contributed by atoms with Crippen LogP contribution in [-0.4, -0.2) is 20.7 Å². The molecule has 2 aromatic carbocycles. The molecule has 0 aliphatic heterocycles. The van der Waals surface area contributed by atoms with E-state index in [1.807, 2.05) is 6.92 Å². The summed E-state index contributed by atoms with van der Waals surface area (Å²) >= 11 is 0. The molecule has 4 rings (SSSR count). The first-order valence-electron chi connectivity index (χ1n) is 8.70. The zero-order valence-corrected chi connectivity index (χ0v) is 15.5. The first-order chi connectivity index (χ1) is 13.9. The number of Topliss-reactive ketones (excluding diaryl/α,β-unsaturated/α-hetero) is 1. The van der Waals surface area contributed by atoms with Crippen LogP contribution in [0.1, 0.15) is 22.8 Å². The molecule has 0 saturated carbocycles. The Kier molecular flexibility index (Phi) is 4.55. The van der Waals surface area contributed by atoms with Gasteiger partial charge in [0, 0.05) is 23.0 Å². The molecule has 8 nitrogen and oxygen atoms in total. The van der Waals surface area contributed by atoms with Crippen molar-refractivity contribution < 1.29 is 13.6 Å². The number of aromatic amines is 1. The van der Waals surface area contributed by atoms with E-state index < -0.39 is 11.6 Å². The lowest BCUT2D eigenvalue weighted by molar-refractivity contribution is 0.101. The van der Waals surface area contributed by atoms with Crippen LogP contribution in [0.3, 0.4) is 0 Å². The maximum Gasteiger partial charge on any atom is 0.417 e. The molecule has 3 N–H and O–H groups in total. The molecule has 29 heavy (non-hydrogen) atoms. The number of aryl methyl sites for hydroxylation is 1. The van der Waals surface area contributed by atoms with Gasteiger partial charge in [0.05, 0.1) is 11.2 Å². The van der Waals surface area contributed by atoms with Crippen molar-refractivity contribution in [1.29, 1.82) is 0 Å². The summed E-state index contributed by atoms with van der Waals surface area (Å²) in [6.07, 6.45) is 1.59. The number of nitrogens with one attached hydrogen (secondary N) is 3. The van der Waals surface area contributed by atoms with Crippen LogP contribution in [0.15, 0.2) is 51.8 Å². The van der Waals surface area contributed by atoms with Gasteiger partial charge in [0.2, 0.25) is 5.95 Å². The number of aromatic nitrogens is 3. The highest BCUT2D eigenvalue weighted by Crippen LogP contribution is 2.24. The molecule has 146 valence electrons. The number of nitrogens with zero attached hydrogens (tertiary/aromatic N) is 2. The lowest BCUT2D eigenvalue weighted by Gasteiger charge is -2.12. The molecule has 0 bridgehead atoms. The Morgan fingerprint density at radius 1 is 1.17 bits per heavy atom. The Bertz CT molecular complexity index is 1300. The van der Waals surface area contributed by atoms with Crippen LogP contribution >= 0.6 is 0 Å². The van der Waals surface area contributed by atoms with Crippen molar-refractivity contribution in [2.75, 3.05) is 10.6 Å².